The third-order valence-electron chi connectivity index (χ3n) is 4.45. The van der Waals surface area contributed by atoms with Crippen LogP contribution in [0.4, 0.5) is 0 Å². The summed E-state index contributed by atoms with van der Waals surface area (Å²) >= 11 is 0. The number of hydrogen-bond acceptors (Lipinski definition) is 6. The van der Waals surface area contributed by atoms with Crippen molar-refractivity contribution in [3.63, 3.8) is 0 Å². The van der Waals surface area contributed by atoms with Gasteiger partial charge in [-0.3, -0.25) is 4.90 Å². The molecule has 1 saturated heterocycles. The molecule has 0 bridgehead atoms. The van der Waals surface area contributed by atoms with Crippen LogP contribution in [-0.2, 0) is 0 Å². The molecule has 2 heterocycles. The highest BCUT2D eigenvalue weighted by Gasteiger charge is 2.35. The molecule has 1 aliphatic heterocycles. The number of aliphatic hydroxyl groups excluding tert-OH is 1. The van der Waals surface area contributed by atoms with Gasteiger partial charge in [0.15, 0.2) is 0 Å². The monoisotopic (exact) mass is 331 g/mol. The van der Waals surface area contributed by atoms with Gasteiger partial charge >= 0.3 is 0 Å². The van der Waals surface area contributed by atoms with Gasteiger partial charge in [0.05, 0.1) is 18.8 Å². The number of ether oxygens (including phenoxy) is 1. The van der Waals surface area contributed by atoms with Crippen molar-refractivity contribution in [2.75, 3.05) is 19.7 Å². The Morgan fingerprint density at radius 3 is 2.67 bits per heavy atom. The van der Waals surface area contributed by atoms with Crippen molar-refractivity contribution in [2.24, 2.45) is 0 Å². The minimum Gasteiger partial charge on any atom is -0.493 e. The SMILES string of the molecule is Cc1nnc([C@H]2C[C@@H](O)CN2CCCOc2c(C)cccc2C)o1. The summed E-state index contributed by atoms with van der Waals surface area (Å²) in [4.78, 5) is 2.20. The molecule has 0 aliphatic carbocycles. The number of β-amino-alcohol motifs (C(OH)–C–C–N with tert-alkyl or cyclic N) is 1. The average molecular weight is 331 g/mol. The number of rotatable bonds is 6. The number of aliphatic hydroxyl groups is 1. The van der Waals surface area contributed by atoms with Crippen molar-refractivity contribution in [2.45, 2.75) is 45.8 Å². The number of aromatic nitrogens is 2. The first-order valence-electron chi connectivity index (χ1n) is 8.45. The number of aryl methyl sites for hydroxylation is 3. The lowest BCUT2D eigenvalue weighted by Gasteiger charge is -2.21. The van der Waals surface area contributed by atoms with E-state index in [1.54, 1.807) is 6.92 Å². The van der Waals surface area contributed by atoms with Gasteiger partial charge in [0, 0.05) is 20.0 Å². The maximum atomic E-state index is 9.98. The minimum atomic E-state index is -0.346. The summed E-state index contributed by atoms with van der Waals surface area (Å²) in [6, 6.07) is 6.17. The Balaban J connectivity index is 1.54. The molecule has 6 heteroatoms. The molecule has 1 fully saturated rings. The third kappa shape index (κ3) is 3.76. The first-order chi connectivity index (χ1) is 11.5. The van der Waals surface area contributed by atoms with Crippen LogP contribution >= 0.6 is 0 Å². The summed E-state index contributed by atoms with van der Waals surface area (Å²) in [5, 5.41) is 18.0. The van der Waals surface area contributed by atoms with E-state index in [4.69, 9.17) is 9.15 Å². The zero-order chi connectivity index (χ0) is 17.1. The predicted octanol–water partition coefficient (Wildman–Crippen LogP) is 2.57. The van der Waals surface area contributed by atoms with Crippen molar-refractivity contribution >= 4 is 0 Å². The van der Waals surface area contributed by atoms with Gasteiger partial charge in [-0.15, -0.1) is 10.2 Å². The molecule has 24 heavy (non-hydrogen) atoms. The largest absolute Gasteiger partial charge is 0.493 e. The quantitative estimate of drug-likeness (QED) is 0.820. The average Bonchev–Trinajstić information content (AvgIpc) is 3.11. The molecular weight excluding hydrogens is 306 g/mol. The summed E-state index contributed by atoms with van der Waals surface area (Å²) in [6.07, 6.45) is 1.17. The Labute approximate surface area is 142 Å². The van der Waals surface area contributed by atoms with E-state index in [9.17, 15) is 5.11 Å². The Bertz CT molecular complexity index is 666. The second kappa shape index (κ2) is 7.32. The van der Waals surface area contributed by atoms with Crippen molar-refractivity contribution in [1.29, 1.82) is 0 Å². The van der Waals surface area contributed by atoms with E-state index in [0.717, 1.165) is 29.8 Å². The van der Waals surface area contributed by atoms with Crippen molar-refractivity contribution in [3.8, 4) is 5.75 Å². The van der Waals surface area contributed by atoms with Crippen LogP contribution in [0, 0.1) is 20.8 Å². The van der Waals surface area contributed by atoms with Gasteiger partial charge in [0.2, 0.25) is 11.8 Å². The van der Waals surface area contributed by atoms with Crippen LogP contribution < -0.4 is 4.74 Å². The molecule has 1 aromatic carbocycles. The molecule has 2 aromatic rings. The number of nitrogens with zero attached hydrogens (tertiary/aromatic N) is 3. The number of hydrogen-bond donors (Lipinski definition) is 1. The number of likely N-dealkylation sites (tertiary alicyclic amines) is 1. The van der Waals surface area contributed by atoms with Crippen LogP contribution in [0.1, 0.15) is 41.8 Å². The summed E-state index contributed by atoms with van der Waals surface area (Å²) in [5.41, 5.74) is 2.32. The summed E-state index contributed by atoms with van der Waals surface area (Å²) in [7, 11) is 0. The molecule has 0 saturated carbocycles. The molecule has 0 amide bonds. The molecular formula is C18H25N3O3. The molecule has 1 N–H and O–H groups in total. The lowest BCUT2D eigenvalue weighted by molar-refractivity contribution is 0.167. The first kappa shape index (κ1) is 16.9. The van der Waals surface area contributed by atoms with E-state index in [0.29, 0.717) is 31.4 Å². The Morgan fingerprint density at radius 2 is 2.00 bits per heavy atom. The van der Waals surface area contributed by atoms with Gasteiger partial charge in [0.25, 0.3) is 0 Å². The van der Waals surface area contributed by atoms with Gasteiger partial charge < -0.3 is 14.3 Å². The highest BCUT2D eigenvalue weighted by atomic mass is 16.5. The lowest BCUT2D eigenvalue weighted by Crippen LogP contribution is -2.27. The Morgan fingerprint density at radius 1 is 1.25 bits per heavy atom. The van der Waals surface area contributed by atoms with Crippen LogP contribution in [0.15, 0.2) is 22.6 Å². The summed E-state index contributed by atoms with van der Waals surface area (Å²) in [5.74, 6) is 2.13. The van der Waals surface area contributed by atoms with Gasteiger partial charge in [-0.2, -0.15) is 0 Å². The molecule has 3 rings (SSSR count). The van der Waals surface area contributed by atoms with Crippen molar-refractivity contribution < 1.29 is 14.3 Å². The van der Waals surface area contributed by atoms with Crippen LogP contribution in [-0.4, -0.2) is 46.0 Å². The zero-order valence-electron chi connectivity index (χ0n) is 14.5. The highest BCUT2D eigenvalue weighted by molar-refractivity contribution is 5.39. The second-order valence-electron chi connectivity index (χ2n) is 6.48. The maximum Gasteiger partial charge on any atom is 0.233 e. The lowest BCUT2D eigenvalue weighted by atomic mass is 10.1. The molecule has 1 aromatic heterocycles. The van der Waals surface area contributed by atoms with Gasteiger partial charge in [-0.05, 0) is 37.8 Å². The van der Waals surface area contributed by atoms with Crippen LogP contribution in [0.2, 0.25) is 0 Å². The van der Waals surface area contributed by atoms with Crippen molar-refractivity contribution in [1.82, 2.24) is 15.1 Å². The zero-order valence-corrected chi connectivity index (χ0v) is 14.5. The fraction of sp³-hybridized carbons (Fsp3) is 0.556. The van der Waals surface area contributed by atoms with Crippen LogP contribution in [0.25, 0.3) is 0 Å². The molecule has 6 nitrogen and oxygen atoms in total. The molecule has 0 unspecified atom stereocenters. The van der Waals surface area contributed by atoms with E-state index in [2.05, 4.69) is 41.1 Å². The molecule has 0 spiro atoms. The fourth-order valence-electron chi connectivity index (χ4n) is 3.30. The topological polar surface area (TPSA) is 71.6 Å². The Hall–Kier alpha value is -1.92. The number of benzene rings is 1. The normalized spacial score (nSPS) is 21.3. The van der Waals surface area contributed by atoms with E-state index in [-0.39, 0.29) is 12.1 Å². The Kier molecular flexibility index (Phi) is 5.16. The third-order valence-corrected chi connectivity index (χ3v) is 4.45. The maximum absolute atomic E-state index is 9.98. The van der Waals surface area contributed by atoms with E-state index < -0.39 is 0 Å². The predicted molar refractivity (Wildman–Crippen MR) is 90.0 cm³/mol. The fourth-order valence-corrected chi connectivity index (χ4v) is 3.30. The molecule has 1 aliphatic rings. The number of para-hydroxylation sites is 1. The van der Waals surface area contributed by atoms with Gasteiger partial charge in [-0.1, -0.05) is 18.2 Å². The second-order valence-corrected chi connectivity index (χ2v) is 6.48. The summed E-state index contributed by atoms with van der Waals surface area (Å²) < 4.78 is 11.5. The van der Waals surface area contributed by atoms with Gasteiger partial charge in [0.1, 0.15) is 5.75 Å². The first-order valence-corrected chi connectivity index (χ1v) is 8.45. The smallest absolute Gasteiger partial charge is 0.233 e. The highest BCUT2D eigenvalue weighted by Crippen LogP contribution is 2.31. The molecule has 130 valence electrons. The van der Waals surface area contributed by atoms with Crippen LogP contribution in [0.3, 0.4) is 0 Å². The van der Waals surface area contributed by atoms with Crippen molar-refractivity contribution in [3.05, 3.63) is 41.1 Å². The molecule has 2 atom stereocenters. The molecule has 0 radical (unpaired) electrons. The minimum absolute atomic E-state index is 0.00129. The summed E-state index contributed by atoms with van der Waals surface area (Å²) in [6.45, 7) is 8.02. The van der Waals surface area contributed by atoms with E-state index in [1.807, 2.05) is 6.07 Å². The van der Waals surface area contributed by atoms with Gasteiger partial charge in [-0.25, -0.2) is 0 Å². The van der Waals surface area contributed by atoms with E-state index >= 15 is 0 Å². The van der Waals surface area contributed by atoms with E-state index in [1.165, 1.54) is 0 Å². The standard InChI is InChI=1S/C18H25N3O3/c1-12-6-4-7-13(2)17(12)23-9-5-8-21-11-15(22)10-16(21)18-20-19-14(3)24-18/h4,6-7,15-16,22H,5,8-11H2,1-3H3/t15-,16-/m1/s1. The van der Waals surface area contributed by atoms with Crippen LogP contribution in [0.5, 0.6) is 5.75 Å².